The van der Waals surface area contributed by atoms with Crippen molar-refractivity contribution in [2.24, 2.45) is 0 Å². The van der Waals surface area contributed by atoms with Gasteiger partial charge in [-0.1, -0.05) is 48.6 Å². The lowest BCUT2D eigenvalue weighted by atomic mass is 10.1. The topological polar surface area (TPSA) is 60.4 Å². The number of thioether (sulfide) groups is 1. The SMILES string of the molecule is O=C([O-])CCCCCN1C(=O)/C(=C\c2ccccc2C(F)(F)F)SC1=S. The average molecular weight is 402 g/mol. The maximum Gasteiger partial charge on any atom is 0.416 e. The van der Waals surface area contributed by atoms with Gasteiger partial charge < -0.3 is 9.90 Å². The largest absolute Gasteiger partial charge is 0.550 e. The molecule has 0 N–H and O–H groups in total. The Balaban J connectivity index is 2.07. The summed E-state index contributed by atoms with van der Waals surface area (Å²) >= 11 is 6.10. The van der Waals surface area contributed by atoms with Gasteiger partial charge in [0.05, 0.1) is 10.5 Å². The number of thiocarbonyl (C=S) groups is 1. The predicted octanol–water partition coefficient (Wildman–Crippen LogP) is 3.22. The van der Waals surface area contributed by atoms with Crippen molar-refractivity contribution < 1.29 is 27.9 Å². The average Bonchev–Trinajstić information content (AvgIpc) is 2.81. The molecular weight excluding hydrogens is 387 g/mol. The molecule has 9 heteroatoms. The fraction of sp³-hybridized carbons (Fsp3) is 0.353. The minimum Gasteiger partial charge on any atom is -0.550 e. The molecule has 0 aliphatic carbocycles. The monoisotopic (exact) mass is 402 g/mol. The van der Waals surface area contributed by atoms with E-state index in [0.29, 0.717) is 25.8 Å². The van der Waals surface area contributed by atoms with Crippen molar-refractivity contribution in [2.75, 3.05) is 6.54 Å². The molecule has 1 heterocycles. The summed E-state index contributed by atoms with van der Waals surface area (Å²) in [6.45, 7) is 0.302. The summed E-state index contributed by atoms with van der Waals surface area (Å²) in [5, 5.41) is 10.4. The molecule has 0 saturated carbocycles. The highest BCUT2D eigenvalue weighted by Crippen LogP contribution is 2.37. The van der Waals surface area contributed by atoms with Gasteiger partial charge in [0.1, 0.15) is 4.32 Å². The van der Waals surface area contributed by atoms with Crippen LogP contribution in [0.3, 0.4) is 0 Å². The van der Waals surface area contributed by atoms with Crippen molar-refractivity contribution in [1.82, 2.24) is 4.90 Å². The zero-order valence-electron chi connectivity index (χ0n) is 13.5. The predicted molar refractivity (Wildman–Crippen MR) is 94.8 cm³/mol. The molecule has 1 aliphatic heterocycles. The lowest BCUT2D eigenvalue weighted by Gasteiger charge is -2.14. The molecule has 1 saturated heterocycles. The zero-order chi connectivity index (χ0) is 19.3. The number of halogens is 3. The number of unbranched alkanes of at least 4 members (excludes halogenated alkanes) is 2. The molecule has 1 amide bonds. The molecule has 26 heavy (non-hydrogen) atoms. The van der Waals surface area contributed by atoms with Gasteiger partial charge in [-0.25, -0.2) is 0 Å². The second kappa shape index (κ2) is 8.68. The quantitative estimate of drug-likeness (QED) is 0.398. The first-order valence-corrected chi connectivity index (χ1v) is 9.04. The van der Waals surface area contributed by atoms with E-state index in [-0.39, 0.29) is 21.2 Å². The lowest BCUT2D eigenvalue weighted by molar-refractivity contribution is -0.305. The van der Waals surface area contributed by atoms with E-state index in [1.165, 1.54) is 29.2 Å². The second-order valence-electron chi connectivity index (χ2n) is 5.60. The number of amides is 1. The highest BCUT2D eigenvalue weighted by molar-refractivity contribution is 8.26. The van der Waals surface area contributed by atoms with Crippen LogP contribution in [0.2, 0.25) is 0 Å². The van der Waals surface area contributed by atoms with Gasteiger partial charge in [-0.2, -0.15) is 13.2 Å². The minimum absolute atomic E-state index is 0.0491. The number of carboxylic acid groups (broad SMARTS) is 1. The molecule has 2 rings (SSSR count). The maximum absolute atomic E-state index is 13.1. The van der Waals surface area contributed by atoms with E-state index in [9.17, 15) is 27.9 Å². The van der Waals surface area contributed by atoms with Crippen LogP contribution >= 0.6 is 24.0 Å². The molecule has 1 aliphatic rings. The van der Waals surface area contributed by atoms with Crippen LogP contribution in [0.1, 0.15) is 36.8 Å². The van der Waals surface area contributed by atoms with Gasteiger partial charge in [0, 0.05) is 12.5 Å². The number of benzene rings is 1. The number of carboxylic acids is 1. The number of carbonyl (C=O) groups is 2. The van der Waals surface area contributed by atoms with Gasteiger partial charge in [0.15, 0.2) is 0 Å². The third kappa shape index (κ3) is 5.31. The number of rotatable bonds is 7. The highest BCUT2D eigenvalue weighted by atomic mass is 32.2. The van der Waals surface area contributed by atoms with Crippen LogP contribution in [0.15, 0.2) is 29.2 Å². The van der Waals surface area contributed by atoms with E-state index in [0.717, 1.165) is 17.8 Å². The zero-order valence-corrected chi connectivity index (χ0v) is 15.2. The molecule has 0 aromatic heterocycles. The summed E-state index contributed by atoms with van der Waals surface area (Å²) < 4.78 is 39.5. The van der Waals surface area contributed by atoms with Gasteiger partial charge >= 0.3 is 6.18 Å². The van der Waals surface area contributed by atoms with E-state index in [1.807, 2.05) is 0 Å². The first-order chi connectivity index (χ1) is 12.2. The molecule has 0 bridgehead atoms. The first-order valence-electron chi connectivity index (χ1n) is 7.81. The van der Waals surface area contributed by atoms with E-state index < -0.39 is 23.6 Å². The number of carbonyl (C=O) groups excluding carboxylic acids is 2. The fourth-order valence-corrected chi connectivity index (χ4v) is 3.73. The van der Waals surface area contributed by atoms with Crippen LogP contribution < -0.4 is 5.11 Å². The van der Waals surface area contributed by atoms with Crippen LogP contribution in [0, 0.1) is 0 Å². The van der Waals surface area contributed by atoms with Crippen LogP contribution in [-0.4, -0.2) is 27.6 Å². The summed E-state index contributed by atoms with van der Waals surface area (Å²) in [4.78, 5) is 24.2. The maximum atomic E-state index is 13.1. The van der Waals surface area contributed by atoms with Crippen molar-refractivity contribution in [3.05, 3.63) is 40.3 Å². The Kier molecular flexibility index (Phi) is 6.82. The standard InChI is InChI=1S/C17H16F3NO3S2/c18-17(19,20)12-7-4-3-6-11(12)10-13-15(24)21(16(25)26-13)9-5-1-2-8-14(22)23/h3-4,6-7,10H,1-2,5,8-9H2,(H,22,23)/p-1/b13-10+. The second-order valence-corrected chi connectivity index (χ2v) is 7.28. The number of hydrogen-bond donors (Lipinski definition) is 0. The Bertz CT molecular complexity index is 747. The molecule has 1 fully saturated rings. The van der Waals surface area contributed by atoms with Crippen LogP contribution in [0.5, 0.6) is 0 Å². The van der Waals surface area contributed by atoms with E-state index in [4.69, 9.17) is 12.2 Å². The molecule has 0 spiro atoms. The van der Waals surface area contributed by atoms with E-state index in [2.05, 4.69) is 0 Å². The molecular formula is C17H15F3NO3S2-. The van der Waals surface area contributed by atoms with Crippen molar-refractivity contribution in [3.63, 3.8) is 0 Å². The van der Waals surface area contributed by atoms with Crippen molar-refractivity contribution in [2.45, 2.75) is 31.9 Å². The third-order valence-corrected chi connectivity index (χ3v) is 5.07. The van der Waals surface area contributed by atoms with Crippen LogP contribution in [0.25, 0.3) is 6.08 Å². The van der Waals surface area contributed by atoms with Gasteiger partial charge in [0.25, 0.3) is 5.91 Å². The molecule has 1 aromatic carbocycles. The Morgan fingerprint density at radius 2 is 1.92 bits per heavy atom. The van der Waals surface area contributed by atoms with Gasteiger partial charge in [-0.15, -0.1) is 0 Å². The van der Waals surface area contributed by atoms with E-state index in [1.54, 1.807) is 0 Å². The summed E-state index contributed by atoms with van der Waals surface area (Å²) in [6, 6.07) is 5.02. The lowest BCUT2D eigenvalue weighted by Crippen LogP contribution is -2.29. The number of nitrogens with zero attached hydrogens (tertiary/aromatic N) is 1. The van der Waals surface area contributed by atoms with E-state index >= 15 is 0 Å². The molecule has 0 radical (unpaired) electrons. The normalized spacial score (nSPS) is 16.6. The Morgan fingerprint density at radius 3 is 2.58 bits per heavy atom. The fourth-order valence-electron chi connectivity index (χ4n) is 2.43. The van der Waals surface area contributed by atoms with Crippen molar-refractivity contribution in [1.29, 1.82) is 0 Å². The Morgan fingerprint density at radius 1 is 1.23 bits per heavy atom. The summed E-state index contributed by atoms with van der Waals surface area (Å²) in [5.41, 5.74) is -0.901. The molecule has 1 aromatic rings. The number of alkyl halides is 3. The van der Waals surface area contributed by atoms with Crippen LogP contribution in [0.4, 0.5) is 13.2 Å². The van der Waals surface area contributed by atoms with Crippen LogP contribution in [-0.2, 0) is 15.8 Å². The Labute approximate surface area is 158 Å². The Hall–Kier alpha value is -1.87. The number of aliphatic carboxylic acids is 1. The van der Waals surface area contributed by atoms with Gasteiger partial charge in [-0.05, 0) is 37.0 Å². The summed E-state index contributed by atoms with van der Waals surface area (Å²) in [7, 11) is 0. The molecule has 4 nitrogen and oxygen atoms in total. The number of hydrogen-bond acceptors (Lipinski definition) is 5. The summed E-state index contributed by atoms with van der Waals surface area (Å²) in [5.74, 6) is -1.56. The first kappa shape index (κ1) is 20.4. The molecule has 140 valence electrons. The third-order valence-electron chi connectivity index (χ3n) is 3.69. The summed E-state index contributed by atoms with van der Waals surface area (Å²) in [6.07, 6.45) is -1.79. The van der Waals surface area contributed by atoms with Crippen molar-refractivity contribution >= 4 is 46.3 Å². The van der Waals surface area contributed by atoms with Gasteiger partial charge in [-0.3, -0.25) is 9.69 Å². The highest BCUT2D eigenvalue weighted by Gasteiger charge is 2.35. The van der Waals surface area contributed by atoms with Gasteiger partial charge in [0.2, 0.25) is 0 Å². The smallest absolute Gasteiger partial charge is 0.416 e. The van der Waals surface area contributed by atoms with Crippen molar-refractivity contribution in [3.8, 4) is 0 Å². The molecule has 0 atom stereocenters. The molecule has 0 unspecified atom stereocenters. The minimum atomic E-state index is -4.51.